The van der Waals surface area contributed by atoms with Gasteiger partial charge in [0.15, 0.2) is 0 Å². The molecule has 1 aromatic heterocycles. The van der Waals surface area contributed by atoms with Crippen LogP contribution in [-0.2, 0) is 6.54 Å². The Morgan fingerprint density at radius 1 is 1.37 bits per heavy atom. The summed E-state index contributed by atoms with van der Waals surface area (Å²) in [5.41, 5.74) is 2.02. The van der Waals surface area contributed by atoms with Gasteiger partial charge in [0.1, 0.15) is 5.82 Å². The molecule has 0 amide bonds. The second-order valence-corrected chi connectivity index (χ2v) is 6.10. The van der Waals surface area contributed by atoms with Crippen molar-refractivity contribution in [3.63, 3.8) is 0 Å². The van der Waals surface area contributed by atoms with E-state index in [1.54, 1.807) is 12.1 Å². The van der Waals surface area contributed by atoms with Gasteiger partial charge >= 0.3 is 5.97 Å². The van der Waals surface area contributed by atoms with Crippen molar-refractivity contribution < 1.29 is 9.90 Å². The number of aromatic carboxylic acids is 1. The summed E-state index contributed by atoms with van der Waals surface area (Å²) in [6.45, 7) is 9.25. The maximum Gasteiger partial charge on any atom is 0.337 e. The van der Waals surface area contributed by atoms with Gasteiger partial charge in [0.2, 0.25) is 0 Å². The van der Waals surface area contributed by atoms with Crippen molar-refractivity contribution in [2.45, 2.75) is 40.7 Å². The highest BCUT2D eigenvalue weighted by Gasteiger charge is 2.17. The van der Waals surface area contributed by atoms with Gasteiger partial charge in [-0.15, -0.1) is 0 Å². The number of para-hydroxylation sites is 1. The first kappa shape index (κ1) is 13.6. The van der Waals surface area contributed by atoms with E-state index in [0.29, 0.717) is 5.56 Å². The van der Waals surface area contributed by atoms with E-state index in [4.69, 9.17) is 0 Å². The molecule has 0 atom stereocenters. The Balaban J connectivity index is 2.53. The Hall–Kier alpha value is -1.84. The van der Waals surface area contributed by atoms with Crippen molar-refractivity contribution in [1.82, 2.24) is 9.55 Å². The van der Waals surface area contributed by atoms with Crippen molar-refractivity contribution in [3.8, 4) is 0 Å². The third kappa shape index (κ3) is 2.78. The third-order valence-electron chi connectivity index (χ3n) is 3.27. The van der Waals surface area contributed by atoms with Gasteiger partial charge in [-0.2, -0.15) is 0 Å². The molecule has 2 aromatic rings. The lowest BCUT2D eigenvalue weighted by Gasteiger charge is -2.19. The summed E-state index contributed by atoms with van der Waals surface area (Å²) < 4.78 is 2.02. The highest BCUT2D eigenvalue weighted by Crippen LogP contribution is 2.25. The third-order valence-corrected chi connectivity index (χ3v) is 3.27. The molecule has 4 nitrogen and oxygen atoms in total. The van der Waals surface area contributed by atoms with Crippen LogP contribution in [0.1, 0.15) is 43.4 Å². The normalized spacial score (nSPS) is 12.0. The summed E-state index contributed by atoms with van der Waals surface area (Å²) in [4.78, 5) is 15.8. The Bertz CT molecular complexity index is 621. The fourth-order valence-corrected chi connectivity index (χ4v) is 2.20. The number of nitrogens with zero attached hydrogens (tertiary/aromatic N) is 2. The standard InChI is InChI=1S/C15H20N2O2/c1-10-16-12-7-5-6-11(14(18)19)13(12)17(10)9-8-15(2,3)4/h5-7H,8-9H2,1-4H3,(H,18,19). The molecule has 1 heterocycles. The Morgan fingerprint density at radius 3 is 2.63 bits per heavy atom. The highest BCUT2D eigenvalue weighted by molar-refractivity contribution is 6.01. The minimum Gasteiger partial charge on any atom is -0.478 e. The van der Waals surface area contributed by atoms with Crippen molar-refractivity contribution in [1.29, 1.82) is 0 Å². The first-order valence-corrected chi connectivity index (χ1v) is 6.49. The van der Waals surface area contributed by atoms with Crippen LogP contribution in [0.25, 0.3) is 11.0 Å². The number of rotatable bonds is 3. The second kappa shape index (κ2) is 4.68. The topological polar surface area (TPSA) is 55.1 Å². The second-order valence-electron chi connectivity index (χ2n) is 6.10. The first-order chi connectivity index (χ1) is 8.79. The molecule has 2 rings (SSSR count). The van der Waals surface area contributed by atoms with Crippen LogP contribution >= 0.6 is 0 Å². The molecule has 0 saturated carbocycles. The molecule has 1 N–H and O–H groups in total. The van der Waals surface area contributed by atoms with Gasteiger partial charge in [0.25, 0.3) is 0 Å². The fourth-order valence-electron chi connectivity index (χ4n) is 2.20. The van der Waals surface area contributed by atoms with Gasteiger partial charge in [-0.3, -0.25) is 0 Å². The number of carbonyl (C=O) groups is 1. The summed E-state index contributed by atoms with van der Waals surface area (Å²) in [5, 5.41) is 9.30. The number of carboxylic acids is 1. The van der Waals surface area contributed by atoms with Gasteiger partial charge in [0, 0.05) is 6.54 Å². The van der Waals surface area contributed by atoms with Crippen molar-refractivity contribution >= 4 is 17.0 Å². The zero-order valence-corrected chi connectivity index (χ0v) is 11.9. The van der Waals surface area contributed by atoms with Gasteiger partial charge in [-0.25, -0.2) is 9.78 Å². The van der Waals surface area contributed by atoms with E-state index < -0.39 is 5.97 Å². The SMILES string of the molecule is Cc1nc2cccc(C(=O)O)c2n1CCC(C)(C)C. The average molecular weight is 260 g/mol. The smallest absolute Gasteiger partial charge is 0.337 e. The molecule has 0 aliphatic rings. The fraction of sp³-hybridized carbons (Fsp3) is 0.467. The summed E-state index contributed by atoms with van der Waals surface area (Å²) >= 11 is 0. The van der Waals surface area contributed by atoms with E-state index in [9.17, 15) is 9.90 Å². The van der Waals surface area contributed by atoms with Crippen LogP contribution in [0.5, 0.6) is 0 Å². The minimum atomic E-state index is -0.900. The van der Waals surface area contributed by atoms with Crippen molar-refractivity contribution in [2.24, 2.45) is 5.41 Å². The monoisotopic (exact) mass is 260 g/mol. The van der Waals surface area contributed by atoms with E-state index in [1.165, 1.54) is 0 Å². The Kier molecular flexibility index (Phi) is 3.35. The van der Waals surface area contributed by atoms with E-state index >= 15 is 0 Å². The quantitative estimate of drug-likeness (QED) is 0.919. The molecule has 0 radical (unpaired) electrons. The molecular weight excluding hydrogens is 240 g/mol. The number of hydrogen-bond acceptors (Lipinski definition) is 2. The number of hydrogen-bond donors (Lipinski definition) is 1. The molecule has 4 heteroatoms. The lowest BCUT2D eigenvalue weighted by atomic mass is 9.92. The Morgan fingerprint density at radius 2 is 2.05 bits per heavy atom. The van der Waals surface area contributed by atoms with Crippen LogP contribution in [0.3, 0.4) is 0 Å². The summed E-state index contributed by atoms with van der Waals surface area (Å²) in [6, 6.07) is 5.24. The largest absolute Gasteiger partial charge is 0.478 e. The summed E-state index contributed by atoms with van der Waals surface area (Å²) in [6.07, 6.45) is 0.979. The number of benzene rings is 1. The van der Waals surface area contributed by atoms with Crippen LogP contribution in [-0.4, -0.2) is 20.6 Å². The predicted octanol–water partition coefficient (Wildman–Crippen LogP) is 3.48. The molecular formula is C15H20N2O2. The zero-order chi connectivity index (χ0) is 14.2. The van der Waals surface area contributed by atoms with Crippen molar-refractivity contribution in [3.05, 3.63) is 29.6 Å². The van der Waals surface area contributed by atoms with Gasteiger partial charge in [-0.05, 0) is 30.9 Å². The van der Waals surface area contributed by atoms with Gasteiger partial charge < -0.3 is 9.67 Å². The lowest BCUT2D eigenvalue weighted by Crippen LogP contribution is -2.12. The molecule has 0 aliphatic carbocycles. The van der Waals surface area contributed by atoms with Crippen LogP contribution < -0.4 is 0 Å². The molecule has 0 spiro atoms. The van der Waals surface area contributed by atoms with Gasteiger partial charge in [0.05, 0.1) is 16.6 Å². The molecule has 102 valence electrons. The minimum absolute atomic E-state index is 0.210. The van der Waals surface area contributed by atoms with Crippen LogP contribution in [0.15, 0.2) is 18.2 Å². The van der Waals surface area contributed by atoms with E-state index in [0.717, 1.165) is 29.8 Å². The molecule has 0 bridgehead atoms. The van der Waals surface area contributed by atoms with E-state index in [2.05, 4.69) is 25.8 Å². The predicted molar refractivity (Wildman–Crippen MR) is 75.5 cm³/mol. The van der Waals surface area contributed by atoms with Crippen LogP contribution in [0.4, 0.5) is 0 Å². The number of fused-ring (bicyclic) bond motifs is 1. The molecule has 19 heavy (non-hydrogen) atoms. The van der Waals surface area contributed by atoms with Gasteiger partial charge in [-0.1, -0.05) is 26.8 Å². The maximum absolute atomic E-state index is 11.3. The average Bonchev–Trinajstić information content (AvgIpc) is 2.60. The number of aryl methyl sites for hydroxylation is 2. The summed E-state index contributed by atoms with van der Waals surface area (Å²) in [5.74, 6) is -0.0320. The molecule has 1 aromatic carbocycles. The number of imidazole rings is 1. The number of carboxylic acid groups (broad SMARTS) is 1. The molecule has 0 fully saturated rings. The van der Waals surface area contributed by atoms with Crippen molar-refractivity contribution in [2.75, 3.05) is 0 Å². The Labute approximate surface area is 113 Å². The molecule has 0 saturated heterocycles. The van der Waals surface area contributed by atoms with Crippen LogP contribution in [0, 0.1) is 12.3 Å². The lowest BCUT2D eigenvalue weighted by molar-refractivity contribution is 0.0698. The molecule has 0 unspecified atom stereocenters. The summed E-state index contributed by atoms with van der Waals surface area (Å²) in [7, 11) is 0. The molecule has 0 aliphatic heterocycles. The van der Waals surface area contributed by atoms with E-state index in [1.807, 2.05) is 17.6 Å². The van der Waals surface area contributed by atoms with Crippen LogP contribution in [0.2, 0.25) is 0 Å². The first-order valence-electron chi connectivity index (χ1n) is 6.49. The maximum atomic E-state index is 11.3. The van der Waals surface area contributed by atoms with E-state index in [-0.39, 0.29) is 5.41 Å². The number of aromatic nitrogens is 2. The zero-order valence-electron chi connectivity index (χ0n) is 11.9. The highest BCUT2D eigenvalue weighted by atomic mass is 16.4.